The van der Waals surface area contributed by atoms with Gasteiger partial charge in [-0.1, -0.05) is 24.3 Å². The van der Waals surface area contributed by atoms with Crippen LogP contribution in [0.15, 0.2) is 24.3 Å². The maximum atomic E-state index is 5.97. The summed E-state index contributed by atoms with van der Waals surface area (Å²) in [5.74, 6) is 1.70. The molecule has 3 heteroatoms. The molecule has 3 atom stereocenters. The van der Waals surface area contributed by atoms with Gasteiger partial charge in [-0.2, -0.15) is 0 Å². The second kappa shape index (κ2) is 5.08. The molecule has 0 unspecified atom stereocenters. The van der Waals surface area contributed by atoms with Crippen molar-refractivity contribution in [3.63, 3.8) is 0 Å². The van der Waals surface area contributed by atoms with E-state index in [9.17, 15) is 0 Å². The Kier molecular flexibility index (Phi) is 3.59. The lowest BCUT2D eigenvalue weighted by atomic mass is 9.91. The van der Waals surface area contributed by atoms with Gasteiger partial charge in [0, 0.05) is 24.0 Å². The highest BCUT2D eigenvalue weighted by atomic mass is 35.5. The monoisotopic (exact) mass is 278 g/mol. The molecule has 4 rings (SSSR count). The zero-order valence-electron chi connectivity index (χ0n) is 11.2. The Hall–Kier alpha value is -0.570. The molecular formula is C16H23ClN2. The molecule has 3 aliphatic rings. The van der Waals surface area contributed by atoms with Gasteiger partial charge in [0.25, 0.3) is 0 Å². The number of hydrogen-bond acceptors (Lipinski definition) is 2. The highest BCUT2D eigenvalue weighted by molar-refractivity contribution is 5.85. The summed E-state index contributed by atoms with van der Waals surface area (Å²) in [5.41, 5.74) is 9.18. The summed E-state index contributed by atoms with van der Waals surface area (Å²) in [6.45, 7) is 0. The first-order valence-corrected chi connectivity index (χ1v) is 7.42. The van der Waals surface area contributed by atoms with Crippen molar-refractivity contribution in [2.24, 2.45) is 11.7 Å². The molecule has 1 aromatic carbocycles. The molecule has 1 aromatic rings. The predicted molar refractivity (Wildman–Crippen MR) is 80.8 cm³/mol. The largest absolute Gasteiger partial charge is 0.328 e. The van der Waals surface area contributed by atoms with Gasteiger partial charge in [-0.3, -0.25) is 0 Å². The third-order valence-corrected chi connectivity index (χ3v) is 5.24. The van der Waals surface area contributed by atoms with Gasteiger partial charge in [-0.25, -0.2) is 0 Å². The number of benzene rings is 1. The molecule has 0 aliphatic heterocycles. The Morgan fingerprint density at radius 1 is 1.05 bits per heavy atom. The van der Waals surface area contributed by atoms with Gasteiger partial charge in [0.05, 0.1) is 0 Å². The standard InChI is InChI=1S/C16H22N2.ClH/c17-11-5-7-12(8-6-11)18-16-14-9-10-3-1-2-4-13(10)15(14)16;/h1-4,11-12,14-16,18H,5-9,17H2;1H/t11?,12?,14-,15+,16+;/m0./s1. The fraction of sp³-hybridized carbons (Fsp3) is 0.625. The maximum Gasteiger partial charge on any atom is 0.0180 e. The molecule has 19 heavy (non-hydrogen) atoms. The minimum absolute atomic E-state index is 0. The second-order valence-corrected chi connectivity index (χ2v) is 6.40. The first-order chi connectivity index (χ1) is 8.83. The van der Waals surface area contributed by atoms with Crippen molar-refractivity contribution in [3.05, 3.63) is 35.4 Å². The molecule has 0 bridgehead atoms. The van der Waals surface area contributed by atoms with Crippen molar-refractivity contribution >= 4 is 12.4 Å². The van der Waals surface area contributed by atoms with Gasteiger partial charge in [0.1, 0.15) is 0 Å². The minimum Gasteiger partial charge on any atom is -0.328 e. The summed E-state index contributed by atoms with van der Waals surface area (Å²) in [6, 6.07) is 11.0. The fourth-order valence-electron chi connectivity index (χ4n) is 4.14. The van der Waals surface area contributed by atoms with Crippen LogP contribution in [-0.2, 0) is 6.42 Å². The van der Waals surface area contributed by atoms with Crippen LogP contribution in [-0.4, -0.2) is 18.1 Å². The maximum absolute atomic E-state index is 5.97. The number of nitrogens with one attached hydrogen (secondary N) is 1. The highest BCUT2D eigenvalue weighted by Crippen LogP contribution is 2.56. The second-order valence-electron chi connectivity index (χ2n) is 6.40. The normalized spacial score (nSPS) is 39.1. The zero-order valence-corrected chi connectivity index (χ0v) is 12.0. The molecule has 0 heterocycles. The molecule has 0 amide bonds. The Labute approximate surface area is 121 Å². The van der Waals surface area contributed by atoms with Crippen molar-refractivity contribution < 1.29 is 0 Å². The summed E-state index contributed by atoms with van der Waals surface area (Å²) in [6.07, 6.45) is 6.26. The molecule has 3 N–H and O–H groups in total. The molecule has 0 saturated heterocycles. The number of halogens is 1. The Balaban J connectivity index is 0.00000110. The topological polar surface area (TPSA) is 38.0 Å². The average Bonchev–Trinajstić information content (AvgIpc) is 2.91. The van der Waals surface area contributed by atoms with Gasteiger partial charge in [-0.15, -0.1) is 12.4 Å². The van der Waals surface area contributed by atoms with Crippen molar-refractivity contribution in [3.8, 4) is 0 Å². The van der Waals surface area contributed by atoms with E-state index in [2.05, 4.69) is 29.6 Å². The molecule has 0 spiro atoms. The Morgan fingerprint density at radius 3 is 2.58 bits per heavy atom. The molecule has 2 nitrogen and oxygen atoms in total. The van der Waals surface area contributed by atoms with E-state index in [0.29, 0.717) is 6.04 Å². The Morgan fingerprint density at radius 2 is 1.79 bits per heavy atom. The van der Waals surface area contributed by atoms with Crippen molar-refractivity contribution in [2.75, 3.05) is 0 Å². The van der Waals surface area contributed by atoms with Gasteiger partial charge >= 0.3 is 0 Å². The summed E-state index contributed by atoms with van der Waals surface area (Å²) in [7, 11) is 0. The lowest BCUT2D eigenvalue weighted by Gasteiger charge is -2.27. The first-order valence-electron chi connectivity index (χ1n) is 7.42. The first kappa shape index (κ1) is 13.4. The van der Waals surface area contributed by atoms with Crippen LogP contribution in [0.1, 0.15) is 42.7 Å². The van der Waals surface area contributed by atoms with Crippen LogP contribution in [0.3, 0.4) is 0 Å². The third-order valence-electron chi connectivity index (χ3n) is 5.24. The highest BCUT2D eigenvalue weighted by Gasteiger charge is 2.55. The molecule has 3 aliphatic carbocycles. The van der Waals surface area contributed by atoms with Crippen molar-refractivity contribution in [2.45, 2.75) is 56.1 Å². The van der Waals surface area contributed by atoms with Crippen LogP contribution >= 0.6 is 12.4 Å². The van der Waals surface area contributed by atoms with Gasteiger partial charge in [-0.05, 0) is 49.1 Å². The fourth-order valence-corrected chi connectivity index (χ4v) is 4.14. The molecule has 0 aromatic heterocycles. The van der Waals surface area contributed by atoms with Crippen molar-refractivity contribution in [1.82, 2.24) is 5.32 Å². The average molecular weight is 279 g/mol. The van der Waals surface area contributed by atoms with Crippen LogP contribution in [0.4, 0.5) is 0 Å². The molecular weight excluding hydrogens is 256 g/mol. The molecule has 104 valence electrons. The van der Waals surface area contributed by atoms with Crippen LogP contribution in [0.2, 0.25) is 0 Å². The van der Waals surface area contributed by atoms with E-state index in [4.69, 9.17) is 5.73 Å². The van der Waals surface area contributed by atoms with Crippen LogP contribution in [0.5, 0.6) is 0 Å². The van der Waals surface area contributed by atoms with E-state index in [0.717, 1.165) is 23.9 Å². The predicted octanol–water partition coefficient (Wildman–Crippen LogP) is 2.61. The minimum atomic E-state index is 0. The summed E-state index contributed by atoms with van der Waals surface area (Å²) >= 11 is 0. The van der Waals surface area contributed by atoms with E-state index in [1.54, 1.807) is 11.1 Å². The van der Waals surface area contributed by atoms with E-state index in [1.807, 2.05) is 0 Å². The van der Waals surface area contributed by atoms with Crippen LogP contribution < -0.4 is 11.1 Å². The smallest absolute Gasteiger partial charge is 0.0180 e. The number of hydrogen-bond donors (Lipinski definition) is 2. The number of nitrogens with two attached hydrogens (primary N) is 1. The Bertz CT molecular complexity index is 454. The summed E-state index contributed by atoms with van der Waals surface area (Å²) in [4.78, 5) is 0. The van der Waals surface area contributed by atoms with Crippen LogP contribution in [0, 0.1) is 5.92 Å². The summed E-state index contributed by atoms with van der Waals surface area (Å²) in [5, 5.41) is 3.90. The summed E-state index contributed by atoms with van der Waals surface area (Å²) < 4.78 is 0. The lowest BCUT2D eigenvalue weighted by molar-refractivity contribution is 0.335. The lowest BCUT2D eigenvalue weighted by Crippen LogP contribution is -2.39. The van der Waals surface area contributed by atoms with Gasteiger partial charge in [0.15, 0.2) is 0 Å². The van der Waals surface area contributed by atoms with Gasteiger partial charge in [0.2, 0.25) is 0 Å². The van der Waals surface area contributed by atoms with E-state index in [-0.39, 0.29) is 12.4 Å². The molecule has 0 radical (unpaired) electrons. The SMILES string of the molecule is Cl.NC1CCC(N[C@@H]2[C@H]3Cc4ccccc4[C@H]32)CC1. The van der Waals surface area contributed by atoms with Crippen molar-refractivity contribution in [1.29, 1.82) is 0 Å². The van der Waals surface area contributed by atoms with E-state index >= 15 is 0 Å². The zero-order chi connectivity index (χ0) is 12.1. The number of rotatable bonds is 2. The third kappa shape index (κ3) is 2.31. The van der Waals surface area contributed by atoms with Crippen LogP contribution in [0.25, 0.3) is 0 Å². The number of fused-ring (bicyclic) bond motifs is 3. The molecule has 2 fully saturated rings. The quantitative estimate of drug-likeness (QED) is 0.873. The van der Waals surface area contributed by atoms with Gasteiger partial charge < -0.3 is 11.1 Å². The van der Waals surface area contributed by atoms with E-state index in [1.165, 1.54) is 32.1 Å². The van der Waals surface area contributed by atoms with E-state index < -0.39 is 0 Å². The molecule has 2 saturated carbocycles.